The first-order valence-electron chi connectivity index (χ1n) is 5.65. The van der Waals surface area contributed by atoms with Gasteiger partial charge in [-0.25, -0.2) is 4.98 Å². The summed E-state index contributed by atoms with van der Waals surface area (Å²) in [4.78, 5) is 4.21. The molecule has 0 radical (unpaired) electrons. The van der Waals surface area contributed by atoms with Crippen molar-refractivity contribution in [3.63, 3.8) is 0 Å². The van der Waals surface area contributed by atoms with E-state index in [9.17, 15) is 5.11 Å². The van der Waals surface area contributed by atoms with E-state index in [0.29, 0.717) is 22.9 Å². The van der Waals surface area contributed by atoms with Crippen molar-refractivity contribution in [2.45, 2.75) is 33.3 Å². The third kappa shape index (κ3) is 1.78. The summed E-state index contributed by atoms with van der Waals surface area (Å²) in [6.07, 6.45) is 3.08. The molecule has 0 aliphatic carbocycles. The molecule has 2 rings (SSSR count). The summed E-state index contributed by atoms with van der Waals surface area (Å²) in [7, 11) is 0. The van der Waals surface area contributed by atoms with Crippen molar-refractivity contribution < 1.29 is 13.9 Å². The first-order valence-corrected chi connectivity index (χ1v) is 5.65. The van der Waals surface area contributed by atoms with Crippen LogP contribution >= 0.6 is 0 Å². The Morgan fingerprint density at radius 3 is 2.47 bits per heavy atom. The number of hydrogen-bond donors (Lipinski definition) is 1. The van der Waals surface area contributed by atoms with Crippen molar-refractivity contribution in [3.8, 4) is 0 Å². The van der Waals surface area contributed by atoms with Crippen LogP contribution in [-0.2, 0) is 5.60 Å². The maximum absolute atomic E-state index is 10.9. The van der Waals surface area contributed by atoms with E-state index < -0.39 is 5.60 Å². The minimum Gasteiger partial charge on any atom is -0.472 e. The zero-order chi connectivity index (χ0) is 12.6. The van der Waals surface area contributed by atoms with Gasteiger partial charge in [0.1, 0.15) is 0 Å². The van der Waals surface area contributed by atoms with Crippen LogP contribution in [0.5, 0.6) is 0 Å². The first kappa shape index (κ1) is 11.9. The Morgan fingerprint density at radius 2 is 2.06 bits per heavy atom. The van der Waals surface area contributed by atoms with Gasteiger partial charge in [-0.15, -0.1) is 0 Å². The number of nitrogens with zero attached hydrogens (tertiary/aromatic N) is 1. The summed E-state index contributed by atoms with van der Waals surface area (Å²) in [5.74, 6) is 0.998. The molecular weight excluding hydrogens is 218 g/mol. The lowest BCUT2D eigenvalue weighted by atomic mass is 9.82. The van der Waals surface area contributed by atoms with Gasteiger partial charge in [0, 0.05) is 12.5 Å². The average Bonchev–Trinajstić information content (AvgIpc) is 2.86. The molecule has 0 spiro atoms. The lowest BCUT2D eigenvalue weighted by Crippen LogP contribution is -2.33. The highest BCUT2D eigenvalue weighted by Gasteiger charge is 2.41. The highest BCUT2D eigenvalue weighted by atomic mass is 16.4. The summed E-state index contributed by atoms with van der Waals surface area (Å²) in [6, 6.07) is 1.75. The number of hydrogen-bond acceptors (Lipinski definition) is 4. The maximum atomic E-state index is 10.9. The second-order valence-corrected chi connectivity index (χ2v) is 4.58. The number of rotatable bonds is 3. The van der Waals surface area contributed by atoms with E-state index in [1.807, 2.05) is 20.8 Å². The molecule has 0 saturated carbocycles. The molecule has 17 heavy (non-hydrogen) atoms. The van der Waals surface area contributed by atoms with Crippen molar-refractivity contribution >= 4 is 0 Å². The molecule has 0 fully saturated rings. The van der Waals surface area contributed by atoms with E-state index in [2.05, 4.69) is 4.98 Å². The van der Waals surface area contributed by atoms with E-state index in [4.69, 9.17) is 8.83 Å². The van der Waals surface area contributed by atoms with Crippen LogP contribution in [0.15, 0.2) is 27.4 Å². The normalized spacial score (nSPS) is 15.2. The number of aliphatic hydroxyl groups is 1. The molecule has 0 aliphatic rings. The first-order chi connectivity index (χ1) is 7.96. The van der Waals surface area contributed by atoms with Crippen molar-refractivity contribution in [1.29, 1.82) is 0 Å². The zero-order valence-electron chi connectivity index (χ0n) is 10.5. The fourth-order valence-electron chi connectivity index (χ4n) is 2.09. The third-order valence-electron chi connectivity index (χ3n) is 3.05. The minimum atomic E-state index is -1.20. The summed E-state index contributed by atoms with van der Waals surface area (Å²) < 4.78 is 10.6. The molecule has 1 N–H and O–H groups in total. The molecule has 1 atom stereocenters. The van der Waals surface area contributed by atoms with Crippen LogP contribution < -0.4 is 0 Å². The Labute approximate surface area is 100 Å². The Bertz CT molecular complexity index is 499. The fraction of sp³-hybridized carbons (Fsp3) is 0.462. The van der Waals surface area contributed by atoms with Crippen LogP contribution in [0.3, 0.4) is 0 Å². The van der Waals surface area contributed by atoms with Gasteiger partial charge < -0.3 is 13.9 Å². The summed E-state index contributed by atoms with van der Waals surface area (Å²) in [6.45, 7) is 7.47. The van der Waals surface area contributed by atoms with Gasteiger partial charge in [-0.05, 0) is 18.9 Å². The lowest BCUT2D eigenvalue weighted by molar-refractivity contribution is 0.00898. The molecule has 0 aliphatic heterocycles. The van der Waals surface area contributed by atoms with E-state index >= 15 is 0 Å². The standard InChI is InChI=1S/C13H17NO3/c1-8(2)13(15,11-5-6-16-7-11)12-9(3)14-10(4)17-12/h5-8,15H,1-4H3. The quantitative estimate of drug-likeness (QED) is 0.888. The second kappa shape index (κ2) is 4.04. The molecule has 4 nitrogen and oxygen atoms in total. The molecule has 0 bridgehead atoms. The van der Waals surface area contributed by atoms with Crippen LogP contribution in [0, 0.1) is 19.8 Å². The molecule has 0 aromatic carbocycles. The van der Waals surface area contributed by atoms with Crippen LogP contribution in [0.1, 0.15) is 36.8 Å². The molecule has 0 saturated heterocycles. The van der Waals surface area contributed by atoms with Gasteiger partial charge in [0.2, 0.25) is 0 Å². The van der Waals surface area contributed by atoms with Gasteiger partial charge in [-0.2, -0.15) is 0 Å². The largest absolute Gasteiger partial charge is 0.472 e. The number of aryl methyl sites for hydroxylation is 2. The monoisotopic (exact) mass is 235 g/mol. The minimum absolute atomic E-state index is 0.0499. The van der Waals surface area contributed by atoms with Gasteiger partial charge in [-0.1, -0.05) is 13.8 Å². The summed E-state index contributed by atoms with van der Waals surface area (Å²) >= 11 is 0. The van der Waals surface area contributed by atoms with Crippen molar-refractivity contribution in [2.24, 2.45) is 5.92 Å². The molecule has 92 valence electrons. The number of aromatic nitrogens is 1. The smallest absolute Gasteiger partial charge is 0.191 e. The molecular formula is C13H17NO3. The molecule has 2 aromatic rings. The SMILES string of the molecule is Cc1nc(C)c(C(O)(c2ccoc2)C(C)C)o1. The van der Waals surface area contributed by atoms with Crippen LogP contribution in [0.25, 0.3) is 0 Å². The molecule has 4 heteroatoms. The molecule has 0 amide bonds. The van der Waals surface area contributed by atoms with E-state index in [1.54, 1.807) is 19.3 Å². The topological polar surface area (TPSA) is 59.4 Å². The van der Waals surface area contributed by atoms with Crippen molar-refractivity contribution in [2.75, 3.05) is 0 Å². The summed E-state index contributed by atoms with van der Waals surface area (Å²) in [5.41, 5.74) is 0.199. The Kier molecular flexibility index (Phi) is 2.83. The highest BCUT2D eigenvalue weighted by Crippen LogP contribution is 2.38. The third-order valence-corrected chi connectivity index (χ3v) is 3.05. The lowest BCUT2D eigenvalue weighted by Gasteiger charge is -2.29. The predicted octanol–water partition coefficient (Wildman–Crippen LogP) is 2.78. The van der Waals surface area contributed by atoms with E-state index in [0.717, 1.165) is 0 Å². The Hall–Kier alpha value is -1.55. The van der Waals surface area contributed by atoms with Crippen LogP contribution in [0.4, 0.5) is 0 Å². The van der Waals surface area contributed by atoms with Crippen LogP contribution in [-0.4, -0.2) is 10.1 Å². The molecule has 2 heterocycles. The Balaban J connectivity index is 2.60. The summed E-state index contributed by atoms with van der Waals surface area (Å²) in [5, 5.41) is 10.9. The van der Waals surface area contributed by atoms with Gasteiger partial charge in [0.05, 0.1) is 18.2 Å². The molecule has 2 aromatic heterocycles. The number of oxazole rings is 1. The van der Waals surface area contributed by atoms with Crippen molar-refractivity contribution in [3.05, 3.63) is 41.5 Å². The fourth-order valence-corrected chi connectivity index (χ4v) is 2.09. The predicted molar refractivity (Wildman–Crippen MR) is 62.5 cm³/mol. The molecule has 1 unspecified atom stereocenters. The number of furan rings is 1. The van der Waals surface area contributed by atoms with Gasteiger partial charge >= 0.3 is 0 Å². The highest BCUT2D eigenvalue weighted by molar-refractivity contribution is 5.31. The zero-order valence-corrected chi connectivity index (χ0v) is 10.5. The Morgan fingerprint density at radius 1 is 1.35 bits per heavy atom. The van der Waals surface area contributed by atoms with Gasteiger partial charge in [0.15, 0.2) is 17.3 Å². The average molecular weight is 235 g/mol. The van der Waals surface area contributed by atoms with Gasteiger partial charge in [-0.3, -0.25) is 0 Å². The second-order valence-electron chi connectivity index (χ2n) is 4.58. The van der Waals surface area contributed by atoms with Crippen LogP contribution in [0.2, 0.25) is 0 Å². The van der Waals surface area contributed by atoms with E-state index in [-0.39, 0.29) is 5.92 Å². The van der Waals surface area contributed by atoms with Gasteiger partial charge in [0.25, 0.3) is 0 Å². The van der Waals surface area contributed by atoms with Crippen molar-refractivity contribution in [1.82, 2.24) is 4.98 Å². The van der Waals surface area contributed by atoms with E-state index in [1.165, 1.54) is 6.26 Å². The maximum Gasteiger partial charge on any atom is 0.191 e.